The predicted molar refractivity (Wildman–Crippen MR) is 112 cm³/mol. The van der Waals surface area contributed by atoms with Crippen molar-refractivity contribution in [1.29, 1.82) is 0 Å². The van der Waals surface area contributed by atoms with Crippen molar-refractivity contribution in [1.82, 2.24) is 9.36 Å². The van der Waals surface area contributed by atoms with Crippen molar-refractivity contribution in [2.75, 3.05) is 0 Å². The number of allylic oxidation sites excluding steroid dienone is 2. The maximum Gasteiger partial charge on any atom is 0.180 e. The van der Waals surface area contributed by atoms with E-state index >= 15 is 0 Å². The van der Waals surface area contributed by atoms with E-state index in [1.165, 1.54) is 0 Å². The molecule has 1 heterocycles. The number of aliphatic imine (C=N–C) groups is 1. The summed E-state index contributed by atoms with van der Waals surface area (Å²) in [5, 5.41) is 19.8. The fourth-order valence-electron chi connectivity index (χ4n) is 2.99. The van der Waals surface area contributed by atoms with Crippen molar-refractivity contribution in [3.05, 3.63) is 77.6 Å². The third kappa shape index (κ3) is 4.88. The third-order valence-corrected chi connectivity index (χ3v) is 4.36. The summed E-state index contributed by atoms with van der Waals surface area (Å²) in [5.74, 6) is 0.284. The van der Waals surface area contributed by atoms with Gasteiger partial charge in [0.05, 0.1) is 17.1 Å². The van der Waals surface area contributed by atoms with Gasteiger partial charge in [-0.2, -0.15) is 0 Å². The van der Waals surface area contributed by atoms with Gasteiger partial charge >= 0.3 is 0 Å². The maximum absolute atomic E-state index is 10.2. The molecule has 6 nitrogen and oxygen atoms in total. The molecule has 7 heteroatoms. The van der Waals surface area contributed by atoms with Gasteiger partial charge in [-0.3, -0.25) is 4.68 Å². The first-order valence-electron chi connectivity index (χ1n) is 8.98. The number of hydrogen-bond acceptors (Lipinski definition) is 4. The van der Waals surface area contributed by atoms with E-state index in [0.29, 0.717) is 22.6 Å². The second kappa shape index (κ2) is 9.45. The van der Waals surface area contributed by atoms with Crippen molar-refractivity contribution in [2.45, 2.75) is 20.8 Å². The maximum atomic E-state index is 10.2. The molecular weight excluding hydrogens is 416 g/mol. The Hall–Kier alpha value is -3.02. The monoisotopic (exact) mass is 439 g/mol. The zero-order valence-electron chi connectivity index (χ0n) is 16.8. The summed E-state index contributed by atoms with van der Waals surface area (Å²) in [6.45, 7) is 5.39. The first-order chi connectivity index (χ1) is 13.4. The van der Waals surface area contributed by atoms with E-state index in [-0.39, 0.29) is 28.6 Å². The van der Waals surface area contributed by atoms with E-state index < -0.39 is 0 Å². The summed E-state index contributed by atoms with van der Waals surface area (Å²) >= 11 is 0. The molecule has 3 aromatic rings. The number of aliphatic hydroxyl groups is 1. The van der Waals surface area contributed by atoms with Gasteiger partial charge in [-0.05, 0) is 51.1 Å². The summed E-state index contributed by atoms with van der Waals surface area (Å²) in [6.07, 6.45) is 1.60. The fourth-order valence-corrected chi connectivity index (χ4v) is 2.99. The Morgan fingerprint density at radius 2 is 1.62 bits per heavy atom. The number of aliphatic hydroxyl groups excluding tert-OH is 1. The van der Waals surface area contributed by atoms with Gasteiger partial charge in [0, 0.05) is 29.8 Å². The summed E-state index contributed by atoms with van der Waals surface area (Å²) in [5.41, 5.74) is 4.21. The number of aromatic nitrogens is 2. The van der Waals surface area contributed by atoms with Crippen LogP contribution in [-0.2, 0) is 24.1 Å². The van der Waals surface area contributed by atoms with Gasteiger partial charge in [-0.25, -0.2) is 14.7 Å². The molecule has 1 aromatic heterocycles. The molecule has 0 saturated heterocycles. The molecule has 0 aliphatic heterocycles. The Morgan fingerprint density at radius 3 is 2.24 bits per heavy atom. The molecule has 155 valence electrons. The molecule has 2 aromatic carbocycles. The number of rotatable bonds is 4. The van der Waals surface area contributed by atoms with Crippen LogP contribution in [0.25, 0.3) is 5.69 Å². The Kier molecular flexibility index (Phi) is 7.26. The first kappa shape index (κ1) is 22.3. The molecule has 0 unspecified atom stereocenters. The minimum atomic E-state index is 0. The standard InChI is InChI=1S/C22H24N4O2.Cu/c1-15(14-16(2)27)23-21-17(3)25(4)26(18-10-6-5-7-11-18)22(21)24-19-12-8-9-13-20(19)28;/h5-14,27-28H,1-4H3;/b16-14-,23-15?,24-22?;. The summed E-state index contributed by atoms with van der Waals surface area (Å²) in [7, 11) is 1.94. The molecule has 0 amide bonds. The van der Waals surface area contributed by atoms with Crippen LogP contribution in [0.1, 0.15) is 19.5 Å². The van der Waals surface area contributed by atoms with Gasteiger partial charge < -0.3 is 10.2 Å². The van der Waals surface area contributed by atoms with Crippen LogP contribution in [0.15, 0.2) is 76.4 Å². The average Bonchev–Trinajstić information content (AvgIpc) is 2.88. The van der Waals surface area contributed by atoms with E-state index in [9.17, 15) is 10.2 Å². The molecule has 2 N–H and O–H groups in total. The van der Waals surface area contributed by atoms with E-state index in [1.807, 2.05) is 66.7 Å². The second-order valence-electron chi connectivity index (χ2n) is 6.57. The van der Waals surface area contributed by atoms with Crippen LogP contribution in [-0.4, -0.2) is 25.3 Å². The Balaban J connectivity index is 0.00000300. The van der Waals surface area contributed by atoms with Gasteiger partial charge in [0.15, 0.2) is 5.49 Å². The van der Waals surface area contributed by atoms with E-state index in [1.54, 1.807) is 31.2 Å². The largest absolute Gasteiger partial charge is 0.513 e. The van der Waals surface area contributed by atoms with Gasteiger partial charge in [0.25, 0.3) is 0 Å². The van der Waals surface area contributed by atoms with Crippen LogP contribution in [0.5, 0.6) is 5.75 Å². The topological polar surface area (TPSA) is 75.0 Å². The van der Waals surface area contributed by atoms with Gasteiger partial charge in [-0.1, -0.05) is 30.3 Å². The number of hydrogen-bond donors (Lipinski definition) is 2. The SMILES string of the molecule is CC(/C=C(/C)O)=Nc1c(C)n(C)n(-c2ccccc2)c1=Nc1ccccc1O.[Cu]. The van der Waals surface area contributed by atoms with Crippen LogP contribution in [0.3, 0.4) is 0 Å². The van der Waals surface area contributed by atoms with Crippen molar-refractivity contribution in [3.63, 3.8) is 0 Å². The number of phenols is 1. The van der Waals surface area contributed by atoms with Gasteiger partial charge in [0.2, 0.25) is 0 Å². The molecule has 0 fully saturated rings. The summed E-state index contributed by atoms with van der Waals surface area (Å²) in [6, 6.07) is 16.8. The minimum Gasteiger partial charge on any atom is -0.513 e. The number of benzene rings is 2. The molecule has 1 radical (unpaired) electrons. The fraction of sp³-hybridized carbons (Fsp3) is 0.182. The molecule has 0 saturated carbocycles. The number of aromatic hydroxyl groups is 1. The van der Waals surface area contributed by atoms with E-state index in [4.69, 9.17) is 9.98 Å². The zero-order valence-corrected chi connectivity index (χ0v) is 17.7. The van der Waals surface area contributed by atoms with Crippen molar-refractivity contribution < 1.29 is 27.3 Å². The summed E-state index contributed by atoms with van der Waals surface area (Å²) in [4.78, 5) is 9.43. The second-order valence-corrected chi connectivity index (χ2v) is 6.57. The van der Waals surface area contributed by atoms with Crippen LogP contribution in [0.4, 0.5) is 11.4 Å². The quantitative estimate of drug-likeness (QED) is 0.353. The molecule has 0 bridgehead atoms. The summed E-state index contributed by atoms with van der Waals surface area (Å²) < 4.78 is 3.92. The van der Waals surface area contributed by atoms with Crippen molar-refractivity contribution in [2.24, 2.45) is 17.0 Å². The normalized spacial score (nSPS) is 12.8. The van der Waals surface area contributed by atoms with E-state index in [2.05, 4.69) is 0 Å². The van der Waals surface area contributed by atoms with Crippen molar-refractivity contribution in [3.8, 4) is 11.4 Å². The predicted octanol–water partition coefficient (Wildman–Crippen LogP) is 4.61. The number of para-hydroxylation sites is 3. The Labute approximate surface area is 180 Å². The molecular formula is C22H24CuN4O2. The Morgan fingerprint density at radius 1 is 1.00 bits per heavy atom. The van der Waals surface area contributed by atoms with Crippen LogP contribution in [0.2, 0.25) is 0 Å². The Bertz CT molecular complexity index is 1120. The third-order valence-electron chi connectivity index (χ3n) is 4.36. The molecule has 0 aliphatic carbocycles. The van der Waals surface area contributed by atoms with Crippen LogP contribution < -0.4 is 5.49 Å². The molecule has 29 heavy (non-hydrogen) atoms. The van der Waals surface area contributed by atoms with Crippen LogP contribution >= 0.6 is 0 Å². The van der Waals surface area contributed by atoms with E-state index in [0.717, 1.165) is 11.4 Å². The van der Waals surface area contributed by atoms with Crippen molar-refractivity contribution >= 4 is 17.1 Å². The smallest absolute Gasteiger partial charge is 0.180 e. The molecule has 3 rings (SSSR count). The number of nitrogens with zero attached hydrogens (tertiary/aromatic N) is 4. The molecule has 0 spiro atoms. The minimum absolute atomic E-state index is 0. The van der Waals surface area contributed by atoms with Gasteiger partial charge in [0.1, 0.15) is 17.1 Å². The zero-order chi connectivity index (χ0) is 20.3. The first-order valence-corrected chi connectivity index (χ1v) is 8.98. The number of phenolic OH excluding ortho intramolecular Hbond substituents is 1. The average molecular weight is 440 g/mol. The molecule has 0 aliphatic rings. The van der Waals surface area contributed by atoms with Crippen LogP contribution in [0, 0.1) is 6.92 Å². The molecule has 0 atom stereocenters. The van der Waals surface area contributed by atoms with Gasteiger partial charge in [-0.15, -0.1) is 0 Å².